The van der Waals surface area contributed by atoms with Crippen molar-refractivity contribution in [1.29, 1.82) is 0 Å². The first-order chi connectivity index (χ1) is 15.9. The van der Waals surface area contributed by atoms with Crippen LogP contribution in [-0.2, 0) is 9.59 Å². The number of benzene rings is 2. The summed E-state index contributed by atoms with van der Waals surface area (Å²) in [6.07, 6.45) is 0.489. The fourth-order valence-electron chi connectivity index (χ4n) is 3.25. The van der Waals surface area contributed by atoms with E-state index in [1.165, 1.54) is 13.2 Å². The van der Waals surface area contributed by atoms with Crippen LogP contribution in [0.15, 0.2) is 59.4 Å². The van der Waals surface area contributed by atoms with E-state index in [1.807, 2.05) is 0 Å². The van der Waals surface area contributed by atoms with Crippen molar-refractivity contribution in [1.82, 2.24) is 9.78 Å². The quantitative estimate of drug-likeness (QED) is 0.506. The molecule has 1 heterocycles. The second kappa shape index (κ2) is 10.8. The third-order valence-electron chi connectivity index (χ3n) is 5.02. The van der Waals surface area contributed by atoms with Gasteiger partial charge in [0.25, 0.3) is 5.56 Å². The minimum absolute atomic E-state index is 0.0466. The Morgan fingerprint density at radius 1 is 1.06 bits per heavy atom. The van der Waals surface area contributed by atoms with E-state index in [-0.39, 0.29) is 18.0 Å². The molecule has 0 spiro atoms. The van der Waals surface area contributed by atoms with Crippen LogP contribution in [0.1, 0.15) is 32.7 Å². The van der Waals surface area contributed by atoms with Crippen molar-refractivity contribution in [2.75, 3.05) is 17.7 Å². The Balaban J connectivity index is 2.07. The Morgan fingerprint density at radius 3 is 2.39 bits per heavy atom. The van der Waals surface area contributed by atoms with Crippen molar-refractivity contribution in [3.05, 3.63) is 70.0 Å². The van der Waals surface area contributed by atoms with Crippen LogP contribution >= 0.6 is 11.6 Å². The lowest BCUT2D eigenvalue weighted by atomic mass is 10.1. The number of methoxy groups -OCH3 is 1. The van der Waals surface area contributed by atoms with Crippen molar-refractivity contribution in [2.45, 2.75) is 32.7 Å². The van der Waals surface area contributed by atoms with Crippen molar-refractivity contribution in [3.63, 3.8) is 0 Å². The molecule has 0 unspecified atom stereocenters. The molecular formula is C24H25ClN4O4. The normalized spacial score (nSPS) is 11.5. The van der Waals surface area contributed by atoms with Gasteiger partial charge in [-0.3, -0.25) is 14.4 Å². The first-order valence-corrected chi connectivity index (χ1v) is 10.9. The monoisotopic (exact) mass is 468 g/mol. The smallest absolute Gasteiger partial charge is 0.291 e. The number of nitrogens with zero attached hydrogens (tertiary/aromatic N) is 2. The molecule has 9 heteroatoms. The Morgan fingerprint density at radius 2 is 1.76 bits per heavy atom. The minimum Gasteiger partial charge on any atom is -0.495 e. The van der Waals surface area contributed by atoms with Gasteiger partial charge in [0, 0.05) is 17.0 Å². The highest BCUT2D eigenvalue weighted by Gasteiger charge is 2.24. The standard InChI is InChI=1S/C24H25ClN4O4/c1-4-20(23(31)27-17-8-6-7-9-21(17)33-3)29-24(32)19(26-22(30)5-2)14-18(28-29)15-10-12-16(25)13-11-15/h6-14,20H,4-5H2,1-3H3,(H,26,30)(H,27,31)/t20-/m1/s1. The number of nitrogens with one attached hydrogen (secondary N) is 2. The van der Waals surface area contributed by atoms with E-state index in [9.17, 15) is 14.4 Å². The van der Waals surface area contributed by atoms with E-state index in [1.54, 1.807) is 62.4 Å². The molecular weight excluding hydrogens is 444 g/mol. The molecule has 2 N–H and O–H groups in total. The molecule has 8 nitrogen and oxygen atoms in total. The van der Waals surface area contributed by atoms with Gasteiger partial charge >= 0.3 is 0 Å². The second-order valence-electron chi connectivity index (χ2n) is 7.22. The van der Waals surface area contributed by atoms with Crippen LogP contribution in [0.2, 0.25) is 5.02 Å². The number of carbonyl (C=O) groups excluding carboxylic acids is 2. The molecule has 0 saturated carbocycles. The number of amides is 2. The summed E-state index contributed by atoms with van der Waals surface area (Å²) in [5.41, 5.74) is 1.05. The topological polar surface area (TPSA) is 102 Å². The Hall–Kier alpha value is -3.65. The van der Waals surface area contributed by atoms with Crippen LogP contribution in [0.25, 0.3) is 11.3 Å². The van der Waals surface area contributed by atoms with Gasteiger partial charge in [0.15, 0.2) is 0 Å². The van der Waals surface area contributed by atoms with Gasteiger partial charge in [0.1, 0.15) is 17.5 Å². The molecule has 2 aromatic carbocycles. The van der Waals surface area contributed by atoms with Gasteiger partial charge in [-0.15, -0.1) is 0 Å². The number of hydrogen-bond donors (Lipinski definition) is 2. The zero-order chi connectivity index (χ0) is 24.0. The maximum absolute atomic E-state index is 13.2. The fourth-order valence-corrected chi connectivity index (χ4v) is 3.37. The maximum atomic E-state index is 13.2. The van der Waals surface area contributed by atoms with Crippen molar-refractivity contribution < 1.29 is 14.3 Å². The number of hydrogen-bond acceptors (Lipinski definition) is 5. The molecule has 0 bridgehead atoms. The van der Waals surface area contributed by atoms with Crippen LogP contribution in [-0.4, -0.2) is 28.7 Å². The molecule has 1 atom stereocenters. The summed E-state index contributed by atoms with van der Waals surface area (Å²) in [7, 11) is 1.51. The summed E-state index contributed by atoms with van der Waals surface area (Å²) in [5, 5.41) is 10.4. The van der Waals surface area contributed by atoms with Gasteiger partial charge < -0.3 is 15.4 Å². The summed E-state index contributed by atoms with van der Waals surface area (Å²) >= 11 is 5.99. The Labute approximate surface area is 196 Å². The second-order valence-corrected chi connectivity index (χ2v) is 7.65. The number of anilines is 2. The summed E-state index contributed by atoms with van der Waals surface area (Å²) in [5.74, 6) is -0.261. The summed E-state index contributed by atoms with van der Waals surface area (Å²) < 4.78 is 6.40. The van der Waals surface area contributed by atoms with Gasteiger partial charge in [0.2, 0.25) is 11.8 Å². The van der Waals surface area contributed by atoms with Crippen LogP contribution in [0.3, 0.4) is 0 Å². The van der Waals surface area contributed by atoms with Gasteiger partial charge in [-0.2, -0.15) is 5.10 Å². The molecule has 0 aliphatic heterocycles. The average Bonchev–Trinajstić information content (AvgIpc) is 2.82. The number of halogens is 1. The van der Waals surface area contributed by atoms with Crippen molar-refractivity contribution in [3.8, 4) is 17.0 Å². The minimum atomic E-state index is -0.924. The SMILES string of the molecule is CCC(=O)Nc1cc(-c2ccc(Cl)cc2)nn([C@H](CC)C(=O)Nc2ccccc2OC)c1=O. The Bertz CT molecular complexity index is 1210. The lowest BCUT2D eigenvalue weighted by molar-refractivity contribution is -0.119. The molecule has 1 aromatic heterocycles. The zero-order valence-corrected chi connectivity index (χ0v) is 19.3. The highest BCUT2D eigenvalue weighted by atomic mass is 35.5. The predicted octanol–water partition coefficient (Wildman–Crippen LogP) is 4.51. The third kappa shape index (κ3) is 5.59. The number of carbonyl (C=O) groups is 2. The molecule has 2 amide bonds. The molecule has 0 radical (unpaired) electrons. The van der Waals surface area contributed by atoms with Crippen LogP contribution in [0, 0.1) is 0 Å². The van der Waals surface area contributed by atoms with E-state index in [0.29, 0.717) is 34.1 Å². The van der Waals surface area contributed by atoms with Gasteiger partial charge in [-0.05, 0) is 36.8 Å². The van der Waals surface area contributed by atoms with Crippen molar-refractivity contribution in [2.24, 2.45) is 0 Å². The van der Waals surface area contributed by atoms with Gasteiger partial charge in [0.05, 0.1) is 18.5 Å². The number of ether oxygens (including phenoxy) is 1. The largest absolute Gasteiger partial charge is 0.495 e. The molecule has 3 aromatic rings. The van der Waals surface area contributed by atoms with E-state index < -0.39 is 17.5 Å². The maximum Gasteiger partial charge on any atom is 0.291 e. The van der Waals surface area contributed by atoms with Crippen LogP contribution in [0.5, 0.6) is 5.75 Å². The van der Waals surface area contributed by atoms with Gasteiger partial charge in [-0.25, -0.2) is 4.68 Å². The lowest BCUT2D eigenvalue weighted by Gasteiger charge is -2.20. The number of para-hydroxylation sites is 2. The van der Waals surface area contributed by atoms with E-state index in [4.69, 9.17) is 16.3 Å². The molecule has 0 aliphatic rings. The highest BCUT2D eigenvalue weighted by molar-refractivity contribution is 6.30. The number of aromatic nitrogens is 2. The molecule has 33 heavy (non-hydrogen) atoms. The lowest BCUT2D eigenvalue weighted by Crippen LogP contribution is -2.36. The van der Waals surface area contributed by atoms with E-state index in [0.717, 1.165) is 4.68 Å². The molecule has 0 aliphatic carbocycles. The van der Waals surface area contributed by atoms with Crippen LogP contribution < -0.4 is 20.9 Å². The van der Waals surface area contributed by atoms with E-state index >= 15 is 0 Å². The molecule has 3 rings (SSSR count). The van der Waals surface area contributed by atoms with Crippen LogP contribution in [0.4, 0.5) is 11.4 Å². The van der Waals surface area contributed by atoms with E-state index in [2.05, 4.69) is 15.7 Å². The summed E-state index contributed by atoms with van der Waals surface area (Å²) in [4.78, 5) is 38.4. The van der Waals surface area contributed by atoms with Crippen molar-refractivity contribution >= 4 is 34.8 Å². The fraction of sp³-hybridized carbons (Fsp3) is 0.250. The summed E-state index contributed by atoms with van der Waals surface area (Å²) in [6, 6.07) is 14.5. The summed E-state index contributed by atoms with van der Waals surface area (Å²) in [6.45, 7) is 3.46. The zero-order valence-electron chi connectivity index (χ0n) is 18.6. The predicted molar refractivity (Wildman–Crippen MR) is 129 cm³/mol. The first kappa shape index (κ1) is 24.0. The highest BCUT2D eigenvalue weighted by Crippen LogP contribution is 2.26. The third-order valence-corrected chi connectivity index (χ3v) is 5.27. The molecule has 0 fully saturated rings. The molecule has 0 saturated heterocycles. The first-order valence-electron chi connectivity index (χ1n) is 10.5. The Kier molecular flexibility index (Phi) is 7.84. The van der Waals surface area contributed by atoms with Gasteiger partial charge in [-0.1, -0.05) is 49.7 Å². The number of rotatable bonds is 8. The molecule has 172 valence electrons. The average molecular weight is 469 g/mol.